The van der Waals surface area contributed by atoms with E-state index in [0.29, 0.717) is 0 Å². The number of esters is 1. The van der Waals surface area contributed by atoms with Gasteiger partial charge in [0.2, 0.25) is 0 Å². The van der Waals surface area contributed by atoms with Gasteiger partial charge in [-0.1, -0.05) is 19.3 Å². The van der Waals surface area contributed by atoms with Crippen molar-refractivity contribution in [2.75, 3.05) is 6.61 Å². The maximum absolute atomic E-state index is 12.8. The number of rotatable bonds is 5. The van der Waals surface area contributed by atoms with Gasteiger partial charge < -0.3 is 6.16 Å². The largest absolute Gasteiger partial charge is 1.00 e. The first-order valence-corrected chi connectivity index (χ1v) is 7.17. The molecule has 19 heavy (non-hydrogen) atoms. The summed E-state index contributed by atoms with van der Waals surface area (Å²) in [7, 11) is -5.54. The van der Waals surface area contributed by atoms with Gasteiger partial charge in [0.05, 0.1) is 0 Å². The molecule has 1 saturated carbocycles. The summed E-state index contributed by atoms with van der Waals surface area (Å²) < 4.78 is 58.5. The van der Waals surface area contributed by atoms with Crippen LogP contribution in [0.15, 0.2) is 0 Å². The van der Waals surface area contributed by atoms with E-state index < -0.39 is 27.9 Å². The zero-order valence-corrected chi connectivity index (χ0v) is 13.6. The summed E-state index contributed by atoms with van der Waals surface area (Å²) in [5.74, 6) is -0.740. The smallest absolute Gasteiger partial charge is 1.00 e. The molecular formula is C10H17F2NaO5S. The van der Waals surface area contributed by atoms with Crippen LogP contribution >= 0.6 is 0 Å². The summed E-state index contributed by atoms with van der Waals surface area (Å²) in [5.41, 5.74) is 0. The number of carbonyl (C=O) groups is 1. The van der Waals surface area contributed by atoms with Gasteiger partial charge in [-0.3, -0.25) is 9.35 Å². The van der Waals surface area contributed by atoms with Gasteiger partial charge in [-0.2, -0.15) is 17.2 Å². The number of carbonyl (C=O) groups excluding carboxylic acids is 1. The summed E-state index contributed by atoms with van der Waals surface area (Å²) in [6.07, 6.45) is 4.82. The third kappa shape index (κ3) is 6.48. The molecule has 0 amide bonds. The Labute approximate surface area is 134 Å². The molecule has 0 saturated heterocycles. The first-order valence-electron chi connectivity index (χ1n) is 5.73. The van der Waals surface area contributed by atoms with Crippen molar-refractivity contribution in [2.45, 2.75) is 43.8 Å². The zero-order chi connectivity index (χ0) is 13.8. The fraction of sp³-hybridized carbons (Fsp3) is 0.900. The van der Waals surface area contributed by atoms with E-state index in [1.54, 1.807) is 0 Å². The third-order valence-electron chi connectivity index (χ3n) is 2.96. The van der Waals surface area contributed by atoms with Crippen molar-refractivity contribution < 1.29 is 62.3 Å². The van der Waals surface area contributed by atoms with E-state index in [1.165, 1.54) is 0 Å². The topological polar surface area (TPSA) is 80.7 Å². The molecule has 1 rings (SSSR count). The van der Waals surface area contributed by atoms with Crippen LogP contribution in [0.25, 0.3) is 0 Å². The van der Waals surface area contributed by atoms with E-state index in [0.717, 1.165) is 32.1 Å². The van der Waals surface area contributed by atoms with Crippen LogP contribution in [0.2, 0.25) is 0 Å². The molecule has 0 bridgehead atoms. The van der Waals surface area contributed by atoms with E-state index in [-0.39, 0.29) is 43.3 Å². The number of hydrogen-bond donors (Lipinski definition) is 1. The van der Waals surface area contributed by atoms with Gasteiger partial charge in [0.1, 0.15) is 0 Å². The molecule has 0 heterocycles. The Bertz CT molecular complexity index is 398. The van der Waals surface area contributed by atoms with Crippen molar-refractivity contribution in [3.8, 4) is 0 Å². The van der Waals surface area contributed by atoms with Crippen LogP contribution < -0.4 is 29.6 Å². The van der Waals surface area contributed by atoms with Crippen molar-refractivity contribution in [1.29, 1.82) is 0 Å². The average Bonchev–Trinajstić information content (AvgIpc) is 2.26. The Morgan fingerprint density at radius 2 is 1.84 bits per heavy atom. The minimum absolute atomic E-state index is 0. The van der Waals surface area contributed by atoms with Gasteiger partial charge in [-0.25, -0.2) is 0 Å². The summed E-state index contributed by atoms with van der Waals surface area (Å²) in [4.78, 5) is 11.3. The second kappa shape index (κ2) is 7.87. The van der Waals surface area contributed by atoms with Gasteiger partial charge in [0.25, 0.3) is 0 Å². The van der Waals surface area contributed by atoms with Gasteiger partial charge in [-0.05, 0) is 18.8 Å². The molecular weight excluding hydrogens is 293 g/mol. The molecule has 0 aromatic carbocycles. The SMILES string of the molecule is O=C(CC1CCCCC1)OCC(F)(F)S(=O)(=O)O.[H-].[Na+]. The van der Waals surface area contributed by atoms with E-state index in [1.807, 2.05) is 0 Å². The van der Waals surface area contributed by atoms with Crippen LogP contribution in [0.1, 0.15) is 40.0 Å². The predicted molar refractivity (Wildman–Crippen MR) is 59.8 cm³/mol. The average molecular weight is 310 g/mol. The fourth-order valence-electron chi connectivity index (χ4n) is 1.92. The monoisotopic (exact) mass is 310 g/mol. The first-order chi connectivity index (χ1) is 8.22. The van der Waals surface area contributed by atoms with Gasteiger partial charge >= 0.3 is 50.9 Å². The van der Waals surface area contributed by atoms with Gasteiger partial charge in [0.15, 0.2) is 6.61 Å². The van der Waals surface area contributed by atoms with Crippen LogP contribution in [0.3, 0.4) is 0 Å². The predicted octanol–water partition coefficient (Wildman–Crippen LogP) is -0.903. The maximum Gasteiger partial charge on any atom is 1.00 e. The van der Waals surface area contributed by atoms with E-state index in [9.17, 15) is 22.0 Å². The quantitative estimate of drug-likeness (QED) is 0.404. The molecule has 0 spiro atoms. The standard InChI is InChI=1S/C10H16F2O5S.Na.H/c11-10(12,18(14,15)16)7-17-9(13)6-8-4-2-1-3-5-8;;/h8H,1-7H2,(H,14,15,16);;/q;+1;-1. The number of ether oxygens (including phenoxy) is 1. The molecule has 0 aromatic heterocycles. The molecule has 0 atom stereocenters. The Balaban J connectivity index is 0. The van der Waals surface area contributed by atoms with Gasteiger partial charge in [0, 0.05) is 6.42 Å². The van der Waals surface area contributed by atoms with Crippen LogP contribution in [-0.2, 0) is 19.6 Å². The molecule has 0 aromatic rings. The molecule has 1 aliphatic carbocycles. The summed E-state index contributed by atoms with van der Waals surface area (Å²) in [6.45, 7) is -1.64. The van der Waals surface area contributed by atoms with Crippen molar-refractivity contribution >= 4 is 16.1 Å². The van der Waals surface area contributed by atoms with Crippen LogP contribution in [0.4, 0.5) is 8.78 Å². The van der Waals surface area contributed by atoms with Crippen LogP contribution in [0, 0.1) is 5.92 Å². The maximum atomic E-state index is 12.8. The van der Waals surface area contributed by atoms with E-state index in [4.69, 9.17) is 4.55 Å². The van der Waals surface area contributed by atoms with E-state index in [2.05, 4.69) is 4.74 Å². The third-order valence-corrected chi connectivity index (χ3v) is 3.83. The van der Waals surface area contributed by atoms with Crippen molar-refractivity contribution in [3.05, 3.63) is 0 Å². The molecule has 1 fully saturated rings. The molecule has 9 heteroatoms. The van der Waals surface area contributed by atoms with Crippen molar-refractivity contribution in [3.63, 3.8) is 0 Å². The fourth-order valence-corrected chi connectivity index (χ4v) is 2.13. The Morgan fingerprint density at radius 3 is 2.32 bits per heavy atom. The molecule has 1 aliphatic rings. The Kier molecular flexibility index (Phi) is 7.97. The van der Waals surface area contributed by atoms with E-state index >= 15 is 0 Å². The molecule has 0 radical (unpaired) electrons. The second-order valence-corrected chi connectivity index (χ2v) is 6.03. The van der Waals surface area contributed by atoms with Crippen LogP contribution in [-0.4, -0.2) is 30.8 Å². The molecule has 1 N–H and O–H groups in total. The normalized spacial score (nSPS) is 17.6. The number of hydrogen-bond acceptors (Lipinski definition) is 4. The molecule has 0 unspecified atom stereocenters. The zero-order valence-electron chi connectivity index (χ0n) is 11.8. The first kappa shape index (κ1) is 19.2. The Hall–Kier alpha value is 0.240. The number of halogens is 2. The number of alkyl halides is 2. The molecule has 5 nitrogen and oxygen atoms in total. The minimum atomic E-state index is -5.54. The summed E-state index contributed by atoms with van der Waals surface area (Å²) >= 11 is 0. The van der Waals surface area contributed by atoms with Crippen molar-refractivity contribution in [2.24, 2.45) is 5.92 Å². The summed E-state index contributed by atoms with van der Waals surface area (Å²) in [6, 6.07) is 0. The Morgan fingerprint density at radius 1 is 1.32 bits per heavy atom. The van der Waals surface area contributed by atoms with Crippen molar-refractivity contribution in [1.82, 2.24) is 0 Å². The molecule has 108 valence electrons. The van der Waals surface area contributed by atoms with Gasteiger partial charge in [-0.15, -0.1) is 0 Å². The summed E-state index contributed by atoms with van der Waals surface area (Å²) in [5, 5.41) is -4.45. The minimum Gasteiger partial charge on any atom is -1.00 e. The van der Waals surface area contributed by atoms with Crippen LogP contribution in [0.5, 0.6) is 0 Å². The second-order valence-electron chi connectivity index (χ2n) is 4.48. The molecule has 0 aliphatic heterocycles.